The minimum atomic E-state index is -0.719. The largest absolute Gasteiger partial charge is 0.354 e. The van der Waals surface area contributed by atoms with Crippen LogP contribution in [0.5, 0.6) is 0 Å². The Hall–Kier alpha value is -1.26. The van der Waals surface area contributed by atoms with Crippen LogP contribution in [0, 0.1) is 0 Å². The lowest BCUT2D eigenvalue weighted by molar-refractivity contribution is -0.128. The van der Waals surface area contributed by atoms with Crippen molar-refractivity contribution in [1.29, 1.82) is 0 Å². The zero-order valence-electron chi connectivity index (χ0n) is 56.9. The second kappa shape index (κ2) is 70.8. The van der Waals surface area contributed by atoms with Gasteiger partial charge in [0.15, 0.2) is 0 Å². The van der Waals surface area contributed by atoms with Gasteiger partial charge in [0.2, 0.25) is 22.8 Å². The summed E-state index contributed by atoms with van der Waals surface area (Å²) in [4.78, 5) is 54.3. The van der Waals surface area contributed by atoms with Crippen LogP contribution in [-0.4, -0.2) is 60.3 Å². The van der Waals surface area contributed by atoms with Crippen molar-refractivity contribution in [3.8, 4) is 0 Å². The molecule has 0 aliphatic rings. The molecule has 0 heterocycles. The van der Waals surface area contributed by atoms with Crippen molar-refractivity contribution in [2.24, 2.45) is 0 Å². The molecule has 0 unspecified atom stereocenters. The molecule has 0 saturated carbocycles. The van der Waals surface area contributed by atoms with E-state index < -0.39 is 12.1 Å². The lowest BCUT2D eigenvalue weighted by atomic mass is 10.0. The maximum absolute atomic E-state index is 13.9. The Kier molecular flexibility index (Phi) is 69.8. The fourth-order valence-electron chi connectivity index (χ4n) is 11.8. The van der Waals surface area contributed by atoms with E-state index in [4.69, 9.17) is 0 Å². The SMILES string of the molecule is CCCCCCCCCCCCCCCCCCCCCC(=O)N[C@@H](CSSC(=O)[C@@H](CNCCCCCCCCCCCC)NC(=O)CCCCCCCCCCCCCCCCCCCCC)C(=O)NCCCCCCCCCCCC. The van der Waals surface area contributed by atoms with Gasteiger partial charge in [-0.3, -0.25) is 19.2 Å². The third-order valence-corrected chi connectivity index (χ3v) is 19.8. The smallest absolute Gasteiger partial charge is 0.243 e. The van der Waals surface area contributed by atoms with Crippen LogP contribution in [0.25, 0.3) is 0 Å². The number of carbonyl (C=O) groups is 4. The summed E-state index contributed by atoms with van der Waals surface area (Å²) in [5.74, 6) is -0.0280. The van der Waals surface area contributed by atoms with Crippen molar-refractivity contribution in [1.82, 2.24) is 21.3 Å². The molecule has 0 saturated heterocycles. The summed E-state index contributed by atoms with van der Waals surface area (Å²) in [7, 11) is 2.44. The highest BCUT2D eigenvalue weighted by Crippen LogP contribution is 2.26. The molecule has 8 nitrogen and oxygen atoms in total. The molecule has 10 heteroatoms. The van der Waals surface area contributed by atoms with Crippen LogP contribution < -0.4 is 21.3 Å². The molecule has 0 aromatic rings. The highest BCUT2D eigenvalue weighted by atomic mass is 33.1. The molecule has 0 aromatic heterocycles. The van der Waals surface area contributed by atoms with Gasteiger partial charge in [-0.2, -0.15) is 0 Å². The molecule has 0 rings (SSSR count). The third-order valence-electron chi connectivity index (χ3n) is 17.5. The summed E-state index contributed by atoms with van der Waals surface area (Å²) in [6.45, 7) is 10.9. The lowest BCUT2D eigenvalue weighted by Crippen LogP contribution is -2.48. The van der Waals surface area contributed by atoms with Gasteiger partial charge < -0.3 is 21.3 Å². The van der Waals surface area contributed by atoms with Gasteiger partial charge in [0.1, 0.15) is 12.1 Å². The van der Waals surface area contributed by atoms with Crippen molar-refractivity contribution in [2.75, 3.05) is 25.4 Å². The number of hydrogen-bond acceptors (Lipinski definition) is 7. The zero-order valence-corrected chi connectivity index (χ0v) is 58.5. The minimum absolute atomic E-state index is 0.0574. The summed E-state index contributed by atoms with van der Waals surface area (Å²) in [6, 6.07) is -1.37. The van der Waals surface area contributed by atoms with Gasteiger partial charge >= 0.3 is 0 Å². The molecular weight excluding hydrogens is 1070 g/mol. The first-order valence-electron chi connectivity index (χ1n) is 37.8. The van der Waals surface area contributed by atoms with Gasteiger partial charge in [-0.25, -0.2) is 0 Å². The van der Waals surface area contributed by atoms with Crippen molar-refractivity contribution < 1.29 is 19.2 Å². The molecule has 0 spiro atoms. The Morgan fingerprint density at radius 3 is 0.810 bits per heavy atom. The average Bonchev–Trinajstić information content (AvgIpc) is 3.58. The lowest BCUT2D eigenvalue weighted by Gasteiger charge is -2.20. The van der Waals surface area contributed by atoms with Gasteiger partial charge in [0.25, 0.3) is 0 Å². The molecule has 0 bridgehead atoms. The number of unbranched alkanes of at least 4 members (excludes halogenated alkanes) is 54. The highest BCUT2D eigenvalue weighted by Gasteiger charge is 2.25. The third kappa shape index (κ3) is 63.7. The minimum Gasteiger partial charge on any atom is -0.354 e. The van der Waals surface area contributed by atoms with E-state index in [9.17, 15) is 19.2 Å². The Balaban J connectivity index is 5.02. The summed E-state index contributed by atoms with van der Waals surface area (Å²) < 4.78 is 0. The normalized spacial score (nSPS) is 12.2. The maximum Gasteiger partial charge on any atom is 0.243 e. The molecule has 0 fully saturated rings. The topological polar surface area (TPSA) is 116 Å². The molecule has 0 aromatic carbocycles. The van der Waals surface area contributed by atoms with Crippen LogP contribution in [0.3, 0.4) is 0 Å². The number of amides is 3. The predicted octanol–water partition coefficient (Wildman–Crippen LogP) is 23.1. The first-order chi connectivity index (χ1) is 41.4. The fraction of sp³-hybridized carbons (Fsp3) is 0.946. The number of hydrogen-bond donors (Lipinski definition) is 4. The molecule has 0 aliphatic heterocycles. The monoisotopic (exact) mass is 1220 g/mol. The quantitative estimate of drug-likeness (QED) is 0.0354. The molecule has 0 aliphatic carbocycles. The average molecular weight is 1220 g/mol. The Labute approximate surface area is 532 Å². The summed E-state index contributed by atoms with van der Waals surface area (Å²) >= 11 is 0. The first-order valence-corrected chi connectivity index (χ1v) is 40.1. The van der Waals surface area contributed by atoms with Crippen LogP contribution >= 0.6 is 21.6 Å². The number of nitrogens with one attached hydrogen (secondary N) is 4. The van der Waals surface area contributed by atoms with E-state index in [1.165, 1.54) is 325 Å². The van der Waals surface area contributed by atoms with Crippen molar-refractivity contribution >= 4 is 44.4 Å². The van der Waals surface area contributed by atoms with E-state index in [-0.39, 0.29) is 28.6 Å². The molecule has 498 valence electrons. The van der Waals surface area contributed by atoms with Gasteiger partial charge in [-0.05, 0) is 43.0 Å². The Morgan fingerprint density at radius 1 is 0.286 bits per heavy atom. The van der Waals surface area contributed by atoms with Gasteiger partial charge in [-0.1, -0.05) is 385 Å². The van der Waals surface area contributed by atoms with Gasteiger partial charge in [-0.15, -0.1) is 0 Å². The summed E-state index contributed by atoms with van der Waals surface area (Å²) in [5.41, 5.74) is 0. The van der Waals surface area contributed by atoms with Crippen LogP contribution in [0.1, 0.15) is 413 Å². The van der Waals surface area contributed by atoms with Crippen molar-refractivity contribution in [2.45, 2.75) is 425 Å². The fourth-order valence-corrected chi connectivity index (χ4v) is 13.9. The number of carbonyl (C=O) groups excluding carboxylic acids is 4. The van der Waals surface area contributed by atoms with E-state index in [0.29, 0.717) is 25.9 Å². The number of rotatable bonds is 71. The van der Waals surface area contributed by atoms with E-state index in [1.54, 1.807) is 0 Å². The molecule has 3 amide bonds. The first kappa shape index (κ1) is 82.7. The second-order valence-electron chi connectivity index (χ2n) is 26.0. The van der Waals surface area contributed by atoms with Crippen LogP contribution in [0.15, 0.2) is 0 Å². The molecule has 0 radical (unpaired) electrons. The van der Waals surface area contributed by atoms with E-state index in [2.05, 4.69) is 49.0 Å². The maximum atomic E-state index is 13.9. The second-order valence-corrected chi connectivity index (χ2v) is 28.4. The van der Waals surface area contributed by atoms with Gasteiger partial charge in [0, 0.05) is 31.7 Å². The summed E-state index contributed by atoms with van der Waals surface area (Å²) in [5, 5.41) is 12.7. The molecule has 84 heavy (non-hydrogen) atoms. The molecule has 4 N–H and O–H groups in total. The van der Waals surface area contributed by atoms with Crippen LogP contribution in [-0.2, 0) is 19.2 Å². The molecular formula is C74H146N4O4S2. The van der Waals surface area contributed by atoms with Crippen molar-refractivity contribution in [3.63, 3.8) is 0 Å². The predicted molar refractivity (Wildman–Crippen MR) is 375 cm³/mol. The van der Waals surface area contributed by atoms with E-state index in [1.807, 2.05) is 0 Å². The van der Waals surface area contributed by atoms with E-state index in [0.717, 1.165) is 75.1 Å². The van der Waals surface area contributed by atoms with Crippen molar-refractivity contribution in [3.05, 3.63) is 0 Å². The Morgan fingerprint density at radius 2 is 0.524 bits per heavy atom. The summed E-state index contributed by atoms with van der Waals surface area (Å²) in [6.07, 6.45) is 76.0. The Bertz CT molecular complexity index is 1370. The van der Waals surface area contributed by atoms with Gasteiger partial charge in [0.05, 0.1) is 0 Å². The standard InChI is InChI=1S/C74H146N4O4S2/c1-5-9-13-17-21-25-29-31-33-35-37-39-41-43-45-47-51-55-59-63-71(79)77-69(67-75-65-61-57-53-49-27-23-19-15-11-7-3)74(82)84-83-68-70(73(81)76-66-62-58-54-50-28-24-20-16-12-8-4)78-72(80)64-60-56-52-48-46-44-42-40-38-36-34-32-30-26-22-18-14-10-6-2/h69-70,75H,5-68H2,1-4H3,(H,76,81)(H,77,79)(H,78,80)/t69-,70+/m1/s1. The van der Waals surface area contributed by atoms with Crippen LogP contribution in [0.4, 0.5) is 0 Å². The molecule has 2 atom stereocenters. The zero-order chi connectivity index (χ0) is 61.0. The van der Waals surface area contributed by atoms with E-state index >= 15 is 0 Å². The highest BCUT2D eigenvalue weighted by molar-refractivity contribution is 8.82. The van der Waals surface area contributed by atoms with Crippen LogP contribution in [0.2, 0.25) is 0 Å².